The standard InChI is InChI=1S/C22H19F3N6O/c1-12(26)20-30-18(19-13(2)27-8-9-31(19)20)14-4-3-5-15(10-14)21(32)29-17-11-16(6-7-28-17)22(23,24)25/h3-12H,26H2,1-2H3,(H,28,29,32). The molecular formula is C22H19F3N6O. The second-order valence-electron chi connectivity index (χ2n) is 7.30. The van der Waals surface area contributed by atoms with Gasteiger partial charge in [-0.25, -0.2) is 9.97 Å². The average molecular weight is 440 g/mol. The zero-order chi connectivity index (χ0) is 23.0. The first-order valence-electron chi connectivity index (χ1n) is 9.69. The molecule has 1 unspecified atom stereocenters. The molecule has 0 saturated heterocycles. The molecule has 7 nitrogen and oxygen atoms in total. The number of anilines is 1. The van der Waals surface area contributed by atoms with Crippen molar-refractivity contribution in [2.24, 2.45) is 5.73 Å². The van der Waals surface area contributed by atoms with E-state index in [2.05, 4.69) is 20.3 Å². The number of carbonyl (C=O) groups excluding carboxylic acids is 1. The summed E-state index contributed by atoms with van der Waals surface area (Å²) in [7, 11) is 0. The van der Waals surface area contributed by atoms with E-state index in [0.29, 0.717) is 17.1 Å². The van der Waals surface area contributed by atoms with Crippen molar-refractivity contribution in [3.05, 3.63) is 77.6 Å². The normalized spacial score (nSPS) is 12.7. The van der Waals surface area contributed by atoms with Crippen LogP contribution in [0.25, 0.3) is 16.8 Å². The molecule has 1 amide bonds. The van der Waals surface area contributed by atoms with Crippen molar-refractivity contribution in [2.45, 2.75) is 26.1 Å². The van der Waals surface area contributed by atoms with E-state index >= 15 is 0 Å². The third-order valence-corrected chi connectivity index (χ3v) is 4.90. The summed E-state index contributed by atoms with van der Waals surface area (Å²) in [6, 6.07) is 7.92. The van der Waals surface area contributed by atoms with Crippen molar-refractivity contribution in [3.63, 3.8) is 0 Å². The highest BCUT2D eigenvalue weighted by atomic mass is 19.4. The number of fused-ring (bicyclic) bond motifs is 1. The fraction of sp³-hybridized carbons (Fsp3) is 0.182. The lowest BCUT2D eigenvalue weighted by atomic mass is 10.1. The molecule has 0 saturated carbocycles. The van der Waals surface area contributed by atoms with Gasteiger partial charge in [-0.05, 0) is 38.1 Å². The van der Waals surface area contributed by atoms with E-state index in [9.17, 15) is 18.0 Å². The Morgan fingerprint density at radius 2 is 1.94 bits per heavy atom. The summed E-state index contributed by atoms with van der Waals surface area (Å²) in [6.45, 7) is 3.67. The fourth-order valence-electron chi connectivity index (χ4n) is 3.41. The van der Waals surface area contributed by atoms with Gasteiger partial charge in [0.05, 0.1) is 28.5 Å². The van der Waals surface area contributed by atoms with Crippen LogP contribution in [0.4, 0.5) is 19.0 Å². The molecule has 4 aromatic rings. The van der Waals surface area contributed by atoms with Crippen molar-refractivity contribution in [1.29, 1.82) is 0 Å². The quantitative estimate of drug-likeness (QED) is 0.491. The van der Waals surface area contributed by atoms with E-state index in [1.807, 2.05) is 18.2 Å². The molecule has 0 radical (unpaired) electrons. The summed E-state index contributed by atoms with van der Waals surface area (Å²) in [5, 5.41) is 2.41. The predicted molar refractivity (Wildman–Crippen MR) is 113 cm³/mol. The maximum atomic E-state index is 12.9. The fourth-order valence-corrected chi connectivity index (χ4v) is 3.41. The number of amides is 1. The molecule has 3 aromatic heterocycles. The lowest BCUT2D eigenvalue weighted by Gasteiger charge is -2.09. The summed E-state index contributed by atoms with van der Waals surface area (Å²) in [5.41, 5.74) is 8.18. The van der Waals surface area contributed by atoms with Crippen LogP contribution >= 0.6 is 0 Å². The molecule has 1 aromatic carbocycles. The van der Waals surface area contributed by atoms with Gasteiger partial charge in [-0.2, -0.15) is 13.2 Å². The Morgan fingerprint density at radius 1 is 1.16 bits per heavy atom. The molecule has 10 heteroatoms. The minimum atomic E-state index is -4.53. The van der Waals surface area contributed by atoms with Crippen LogP contribution in [-0.4, -0.2) is 25.3 Å². The van der Waals surface area contributed by atoms with Crippen molar-refractivity contribution in [1.82, 2.24) is 19.4 Å². The second-order valence-corrected chi connectivity index (χ2v) is 7.30. The Hall–Kier alpha value is -3.79. The first-order chi connectivity index (χ1) is 15.1. The molecule has 3 N–H and O–H groups in total. The minimum absolute atomic E-state index is 0.193. The number of aromatic nitrogens is 4. The Morgan fingerprint density at radius 3 is 2.66 bits per heavy atom. The summed E-state index contributed by atoms with van der Waals surface area (Å²) in [5.74, 6) is -0.144. The number of alkyl halides is 3. The number of halogens is 3. The summed E-state index contributed by atoms with van der Waals surface area (Å²) in [6.07, 6.45) is -0.107. The smallest absolute Gasteiger partial charge is 0.322 e. The molecular weight excluding hydrogens is 421 g/mol. The number of nitrogens with zero attached hydrogens (tertiary/aromatic N) is 4. The van der Waals surface area contributed by atoms with Gasteiger partial charge in [-0.15, -0.1) is 0 Å². The molecule has 32 heavy (non-hydrogen) atoms. The third kappa shape index (κ3) is 4.04. The maximum absolute atomic E-state index is 12.9. The largest absolute Gasteiger partial charge is 0.416 e. The number of nitrogens with two attached hydrogens (primary N) is 1. The van der Waals surface area contributed by atoms with Crippen molar-refractivity contribution >= 4 is 17.2 Å². The molecule has 164 valence electrons. The number of carbonyl (C=O) groups is 1. The predicted octanol–water partition coefficient (Wildman–Crippen LogP) is 4.39. The van der Waals surface area contributed by atoms with Gasteiger partial charge in [0.25, 0.3) is 5.91 Å². The van der Waals surface area contributed by atoms with E-state index in [4.69, 9.17) is 5.73 Å². The molecule has 4 rings (SSSR count). The zero-order valence-corrected chi connectivity index (χ0v) is 17.2. The summed E-state index contributed by atoms with van der Waals surface area (Å²) < 4.78 is 40.6. The van der Waals surface area contributed by atoms with E-state index < -0.39 is 17.6 Å². The number of rotatable bonds is 4. The number of hydrogen-bond acceptors (Lipinski definition) is 5. The SMILES string of the molecule is Cc1nccn2c(C(C)N)nc(-c3cccc(C(=O)Nc4cc(C(F)(F)F)ccn4)c3)c12. The number of benzene rings is 1. The van der Waals surface area contributed by atoms with Gasteiger partial charge in [0.15, 0.2) is 0 Å². The van der Waals surface area contributed by atoms with Crippen LogP contribution in [0.1, 0.15) is 40.4 Å². The summed E-state index contributed by atoms with van der Waals surface area (Å²) >= 11 is 0. The van der Waals surface area contributed by atoms with Gasteiger partial charge in [0.2, 0.25) is 0 Å². The highest BCUT2D eigenvalue weighted by Crippen LogP contribution is 2.31. The van der Waals surface area contributed by atoms with Crippen LogP contribution in [0.5, 0.6) is 0 Å². The highest BCUT2D eigenvalue weighted by molar-refractivity contribution is 6.04. The van der Waals surface area contributed by atoms with E-state index in [0.717, 1.165) is 29.5 Å². The number of nitrogens with one attached hydrogen (secondary N) is 1. The number of imidazole rings is 1. The molecule has 0 spiro atoms. The van der Waals surface area contributed by atoms with E-state index in [-0.39, 0.29) is 17.4 Å². The first kappa shape index (κ1) is 21.4. The van der Waals surface area contributed by atoms with Crippen molar-refractivity contribution < 1.29 is 18.0 Å². The third-order valence-electron chi connectivity index (χ3n) is 4.90. The molecule has 1 atom stereocenters. The van der Waals surface area contributed by atoms with Crippen LogP contribution < -0.4 is 11.1 Å². The van der Waals surface area contributed by atoms with E-state index in [1.54, 1.807) is 36.7 Å². The van der Waals surface area contributed by atoms with Gasteiger partial charge in [-0.3, -0.25) is 14.2 Å². The zero-order valence-electron chi connectivity index (χ0n) is 17.2. The van der Waals surface area contributed by atoms with Gasteiger partial charge < -0.3 is 11.1 Å². The maximum Gasteiger partial charge on any atom is 0.416 e. The second kappa shape index (κ2) is 8.04. The minimum Gasteiger partial charge on any atom is -0.322 e. The lowest BCUT2D eigenvalue weighted by molar-refractivity contribution is -0.137. The molecule has 0 fully saturated rings. The Balaban J connectivity index is 1.70. The topological polar surface area (TPSA) is 98.2 Å². The van der Waals surface area contributed by atoms with Gasteiger partial charge in [-0.1, -0.05) is 12.1 Å². The molecule has 3 heterocycles. The first-order valence-corrected chi connectivity index (χ1v) is 9.69. The lowest BCUT2D eigenvalue weighted by Crippen LogP contribution is -2.14. The monoisotopic (exact) mass is 440 g/mol. The number of aryl methyl sites for hydroxylation is 1. The highest BCUT2D eigenvalue weighted by Gasteiger charge is 2.31. The van der Waals surface area contributed by atoms with Crippen LogP contribution in [0.15, 0.2) is 55.0 Å². The van der Waals surface area contributed by atoms with Crippen LogP contribution in [0.3, 0.4) is 0 Å². The van der Waals surface area contributed by atoms with Gasteiger partial charge in [0.1, 0.15) is 11.6 Å². The summed E-state index contributed by atoms with van der Waals surface area (Å²) in [4.78, 5) is 25.5. The van der Waals surface area contributed by atoms with Crippen LogP contribution in [0, 0.1) is 6.92 Å². The number of pyridine rings is 1. The number of hydrogen-bond donors (Lipinski definition) is 2. The molecule has 0 bridgehead atoms. The Labute approximate surface area is 181 Å². The molecule has 0 aliphatic carbocycles. The molecule has 0 aliphatic rings. The van der Waals surface area contributed by atoms with Crippen LogP contribution in [0.2, 0.25) is 0 Å². The molecule has 0 aliphatic heterocycles. The van der Waals surface area contributed by atoms with Crippen LogP contribution in [-0.2, 0) is 6.18 Å². The van der Waals surface area contributed by atoms with Crippen molar-refractivity contribution in [3.8, 4) is 11.3 Å². The van der Waals surface area contributed by atoms with Crippen molar-refractivity contribution in [2.75, 3.05) is 5.32 Å². The van der Waals surface area contributed by atoms with Gasteiger partial charge in [0, 0.05) is 29.7 Å². The Bertz CT molecular complexity index is 1310. The van der Waals surface area contributed by atoms with Gasteiger partial charge >= 0.3 is 6.18 Å². The Kier molecular flexibility index (Phi) is 5.39. The average Bonchev–Trinajstić information content (AvgIpc) is 3.15. The van der Waals surface area contributed by atoms with E-state index in [1.165, 1.54) is 0 Å².